The van der Waals surface area contributed by atoms with Gasteiger partial charge in [-0.25, -0.2) is 4.39 Å². The normalized spacial score (nSPS) is 13.6. The SMILES string of the molecule is CC(Nc1cccc(F)c1C#N)c1ccc2c(c1)OCO2. The van der Waals surface area contributed by atoms with Gasteiger partial charge in [-0.1, -0.05) is 12.1 Å². The molecule has 0 radical (unpaired) electrons. The van der Waals surface area contributed by atoms with E-state index < -0.39 is 5.82 Å². The molecule has 1 atom stereocenters. The van der Waals surface area contributed by atoms with Gasteiger partial charge in [-0.15, -0.1) is 0 Å². The number of hydrogen-bond acceptors (Lipinski definition) is 4. The zero-order chi connectivity index (χ0) is 14.8. The van der Waals surface area contributed by atoms with Crippen molar-refractivity contribution in [3.63, 3.8) is 0 Å². The molecule has 0 spiro atoms. The van der Waals surface area contributed by atoms with Crippen LogP contribution in [0.2, 0.25) is 0 Å². The highest BCUT2D eigenvalue weighted by Crippen LogP contribution is 2.35. The summed E-state index contributed by atoms with van der Waals surface area (Å²) in [6, 6.07) is 11.9. The van der Waals surface area contributed by atoms with Crippen LogP contribution >= 0.6 is 0 Å². The fourth-order valence-corrected chi connectivity index (χ4v) is 2.26. The third-order valence-corrected chi connectivity index (χ3v) is 3.39. The summed E-state index contributed by atoms with van der Waals surface area (Å²) in [5.74, 6) is 0.885. The van der Waals surface area contributed by atoms with Crippen LogP contribution in [0.4, 0.5) is 10.1 Å². The summed E-state index contributed by atoms with van der Waals surface area (Å²) in [6.45, 7) is 2.16. The lowest BCUT2D eigenvalue weighted by atomic mass is 10.1. The first-order chi connectivity index (χ1) is 10.2. The molecule has 106 valence electrons. The second-order valence-corrected chi connectivity index (χ2v) is 4.75. The maximum atomic E-state index is 13.6. The molecule has 0 saturated heterocycles. The van der Waals surface area contributed by atoms with Gasteiger partial charge in [0.15, 0.2) is 11.5 Å². The van der Waals surface area contributed by atoms with E-state index in [0.717, 1.165) is 11.3 Å². The Morgan fingerprint density at radius 3 is 2.86 bits per heavy atom. The standard InChI is InChI=1S/C16H13FN2O2/c1-10(11-5-6-15-16(7-11)21-9-20-15)19-14-4-2-3-13(17)12(14)8-18/h2-7,10,19H,9H2,1H3. The maximum Gasteiger partial charge on any atom is 0.231 e. The maximum absolute atomic E-state index is 13.6. The molecule has 0 aromatic heterocycles. The second kappa shape index (κ2) is 5.33. The summed E-state index contributed by atoms with van der Waals surface area (Å²) in [6.07, 6.45) is 0. The Morgan fingerprint density at radius 1 is 1.24 bits per heavy atom. The number of fused-ring (bicyclic) bond motifs is 1. The first kappa shape index (κ1) is 13.3. The van der Waals surface area contributed by atoms with Gasteiger partial charge in [0, 0.05) is 6.04 Å². The summed E-state index contributed by atoms with van der Waals surface area (Å²) in [5, 5.41) is 12.2. The lowest BCUT2D eigenvalue weighted by Crippen LogP contribution is -2.08. The molecule has 1 aliphatic heterocycles. The molecule has 0 fully saturated rings. The van der Waals surface area contributed by atoms with Crippen molar-refractivity contribution < 1.29 is 13.9 Å². The quantitative estimate of drug-likeness (QED) is 0.935. The number of anilines is 1. The highest BCUT2D eigenvalue weighted by atomic mass is 19.1. The van der Waals surface area contributed by atoms with E-state index in [1.54, 1.807) is 12.1 Å². The predicted octanol–water partition coefficient (Wildman–Crippen LogP) is 3.60. The van der Waals surface area contributed by atoms with E-state index in [1.807, 2.05) is 31.2 Å². The first-order valence-electron chi connectivity index (χ1n) is 6.53. The number of halogens is 1. The van der Waals surface area contributed by atoms with Gasteiger partial charge < -0.3 is 14.8 Å². The summed E-state index contributed by atoms with van der Waals surface area (Å²) < 4.78 is 24.2. The van der Waals surface area contributed by atoms with Crippen LogP contribution in [0.5, 0.6) is 11.5 Å². The van der Waals surface area contributed by atoms with Gasteiger partial charge in [0.2, 0.25) is 6.79 Å². The van der Waals surface area contributed by atoms with E-state index in [1.165, 1.54) is 6.07 Å². The smallest absolute Gasteiger partial charge is 0.231 e. The van der Waals surface area contributed by atoms with Crippen LogP contribution in [0.3, 0.4) is 0 Å². The van der Waals surface area contributed by atoms with Gasteiger partial charge in [0.1, 0.15) is 17.4 Å². The molecule has 0 bridgehead atoms. The van der Waals surface area contributed by atoms with E-state index in [9.17, 15) is 4.39 Å². The molecule has 5 heteroatoms. The topological polar surface area (TPSA) is 54.3 Å². The molecule has 3 rings (SSSR count). The minimum absolute atomic E-state index is 0.0186. The van der Waals surface area contributed by atoms with Crippen molar-refractivity contribution in [3.8, 4) is 17.6 Å². The largest absolute Gasteiger partial charge is 0.454 e. The predicted molar refractivity (Wildman–Crippen MR) is 75.7 cm³/mol. The molecule has 21 heavy (non-hydrogen) atoms. The molecule has 1 aliphatic rings. The van der Waals surface area contributed by atoms with Gasteiger partial charge >= 0.3 is 0 Å². The Labute approximate surface area is 121 Å². The van der Waals surface area contributed by atoms with Crippen molar-refractivity contribution in [1.82, 2.24) is 0 Å². The van der Waals surface area contributed by atoms with Gasteiger partial charge in [0.25, 0.3) is 0 Å². The summed E-state index contributed by atoms with van der Waals surface area (Å²) in [5.41, 5.74) is 1.46. The number of ether oxygens (including phenoxy) is 2. The monoisotopic (exact) mass is 284 g/mol. The minimum atomic E-state index is -0.527. The molecular formula is C16H13FN2O2. The molecule has 1 unspecified atom stereocenters. The van der Waals surface area contributed by atoms with Gasteiger partial charge in [-0.05, 0) is 36.8 Å². The van der Waals surface area contributed by atoms with E-state index in [-0.39, 0.29) is 18.4 Å². The van der Waals surface area contributed by atoms with Gasteiger partial charge in [0.05, 0.1) is 5.69 Å². The lowest BCUT2D eigenvalue weighted by Gasteiger charge is -2.17. The third kappa shape index (κ3) is 2.48. The van der Waals surface area contributed by atoms with E-state index >= 15 is 0 Å². The van der Waals surface area contributed by atoms with Crippen LogP contribution in [0.1, 0.15) is 24.1 Å². The Bertz CT molecular complexity index is 725. The second-order valence-electron chi connectivity index (χ2n) is 4.75. The fourth-order valence-electron chi connectivity index (χ4n) is 2.26. The Hall–Kier alpha value is -2.74. The molecular weight excluding hydrogens is 271 g/mol. The zero-order valence-corrected chi connectivity index (χ0v) is 11.4. The molecule has 1 N–H and O–H groups in total. The molecule has 2 aromatic carbocycles. The van der Waals surface area contributed by atoms with Crippen molar-refractivity contribution in [2.24, 2.45) is 0 Å². The summed E-state index contributed by atoms with van der Waals surface area (Å²) in [4.78, 5) is 0. The lowest BCUT2D eigenvalue weighted by molar-refractivity contribution is 0.174. The number of nitrogens with zero attached hydrogens (tertiary/aromatic N) is 1. The van der Waals surface area contributed by atoms with Crippen LogP contribution in [0.25, 0.3) is 0 Å². The number of nitrogens with one attached hydrogen (secondary N) is 1. The molecule has 1 heterocycles. The average Bonchev–Trinajstić information content (AvgIpc) is 2.94. The molecule has 0 aliphatic carbocycles. The summed E-state index contributed by atoms with van der Waals surface area (Å²) in [7, 11) is 0. The minimum Gasteiger partial charge on any atom is -0.454 e. The van der Waals surface area contributed by atoms with E-state index in [0.29, 0.717) is 11.4 Å². The van der Waals surface area contributed by atoms with Gasteiger partial charge in [-0.3, -0.25) is 0 Å². The highest BCUT2D eigenvalue weighted by molar-refractivity contribution is 5.59. The Morgan fingerprint density at radius 2 is 2.05 bits per heavy atom. The fraction of sp³-hybridized carbons (Fsp3) is 0.188. The molecule has 2 aromatic rings. The van der Waals surface area contributed by atoms with Gasteiger partial charge in [-0.2, -0.15) is 5.26 Å². The third-order valence-electron chi connectivity index (χ3n) is 3.39. The van der Waals surface area contributed by atoms with Crippen LogP contribution < -0.4 is 14.8 Å². The van der Waals surface area contributed by atoms with Crippen LogP contribution in [-0.4, -0.2) is 6.79 Å². The van der Waals surface area contributed by atoms with Crippen LogP contribution in [0.15, 0.2) is 36.4 Å². The van der Waals surface area contributed by atoms with Crippen LogP contribution in [-0.2, 0) is 0 Å². The Balaban J connectivity index is 1.86. The number of nitriles is 1. The summed E-state index contributed by atoms with van der Waals surface area (Å²) >= 11 is 0. The first-order valence-corrected chi connectivity index (χ1v) is 6.53. The highest BCUT2D eigenvalue weighted by Gasteiger charge is 2.17. The number of benzene rings is 2. The van der Waals surface area contributed by atoms with Crippen LogP contribution in [0, 0.1) is 17.1 Å². The zero-order valence-electron chi connectivity index (χ0n) is 11.4. The van der Waals surface area contributed by atoms with Crippen molar-refractivity contribution in [1.29, 1.82) is 5.26 Å². The molecule has 4 nitrogen and oxygen atoms in total. The van der Waals surface area contributed by atoms with Crippen molar-refractivity contribution in [2.45, 2.75) is 13.0 Å². The van der Waals surface area contributed by atoms with E-state index in [4.69, 9.17) is 14.7 Å². The molecule has 0 saturated carbocycles. The van der Waals surface area contributed by atoms with E-state index in [2.05, 4.69) is 5.32 Å². The molecule has 0 amide bonds. The van der Waals surface area contributed by atoms with Crippen molar-refractivity contribution in [3.05, 3.63) is 53.3 Å². The Kier molecular flexibility index (Phi) is 3.36. The van der Waals surface area contributed by atoms with Crippen molar-refractivity contribution >= 4 is 5.69 Å². The number of hydrogen-bond donors (Lipinski definition) is 1. The average molecular weight is 284 g/mol. The number of rotatable bonds is 3. The van der Waals surface area contributed by atoms with Crippen molar-refractivity contribution in [2.75, 3.05) is 12.1 Å².